The summed E-state index contributed by atoms with van der Waals surface area (Å²) in [6, 6.07) is 0. The van der Waals surface area contributed by atoms with Crippen molar-refractivity contribution in [1.29, 1.82) is 0 Å². The minimum absolute atomic E-state index is 0.184. The highest BCUT2D eigenvalue weighted by molar-refractivity contribution is 5.67. The van der Waals surface area contributed by atoms with Crippen LogP contribution in [0.3, 0.4) is 0 Å². The number of hydrogen-bond donors (Lipinski definition) is 3. The van der Waals surface area contributed by atoms with Crippen LogP contribution in [0, 0.1) is 0 Å². The van der Waals surface area contributed by atoms with Gasteiger partial charge in [-0.05, 0) is 46.7 Å². The molecule has 0 rings (SSSR count). The first-order chi connectivity index (χ1) is 8.31. The van der Waals surface area contributed by atoms with Crippen molar-refractivity contribution in [2.75, 3.05) is 19.6 Å². The molecule has 0 radical (unpaired) electrons. The predicted octanol–water partition coefficient (Wildman–Crippen LogP) is 1.36. The van der Waals surface area contributed by atoms with Gasteiger partial charge in [0.05, 0.1) is 0 Å². The van der Waals surface area contributed by atoms with Gasteiger partial charge in [-0.25, -0.2) is 4.79 Å². The SMILES string of the molecule is CC(C)(C)OC(=O)NCCCNCCCC(=O)O. The number of carbonyl (C=O) groups excluding carboxylic acids is 1. The van der Waals surface area contributed by atoms with E-state index in [0.717, 1.165) is 13.0 Å². The molecule has 0 aromatic rings. The molecule has 0 aromatic carbocycles. The van der Waals surface area contributed by atoms with Crippen LogP contribution in [0.5, 0.6) is 0 Å². The maximum atomic E-state index is 11.2. The van der Waals surface area contributed by atoms with Crippen LogP contribution < -0.4 is 10.6 Å². The first kappa shape index (κ1) is 16.7. The second kappa shape index (κ2) is 8.74. The molecular formula is C12H24N2O4. The first-order valence-corrected chi connectivity index (χ1v) is 6.20. The summed E-state index contributed by atoms with van der Waals surface area (Å²) in [5.41, 5.74) is -0.473. The second-order valence-electron chi connectivity index (χ2n) is 5.03. The molecule has 0 saturated carbocycles. The van der Waals surface area contributed by atoms with E-state index in [1.54, 1.807) is 0 Å². The first-order valence-electron chi connectivity index (χ1n) is 6.20. The van der Waals surface area contributed by atoms with Crippen LogP contribution in [-0.2, 0) is 9.53 Å². The summed E-state index contributed by atoms with van der Waals surface area (Å²) in [7, 11) is 0. The summed E-state index contributed by atoms with van der Waals surface area (Å²) >= 11 is 0. The van der Waals surface area contributed by atoms with Crippen molar-refractivity contribution < 1.29 is 19.4 Å². The number of carboxylic acids is 1. The van der Waals surface area contributed by atoms with Gasteiger partial charge in [0, 0.05) is 13.0 Å². The van der Waals surface area contributed by atoms with Crippen LogP contribution in [0.1, 0.15) is 40.0 Å². The summed E-state index contributed by atoms with van der Waals surface area (Å²) in [5, 5.41) is 14.2. The lowest BCUT2D eigenvalue weighted by atomic mass is 10.2. The Kier molecular flexibility index (Phi) is 8.11. The topological polar surface area (TPSA) is 87.7 Å². The third-order valence-electron chi connectivity index (χ3n) is 1.94. The van der Waals surface area contributed by atoms with E-state index in [1.807, 2.05) is 20.8 Å². The van der Waals surface area contributed by atoms with E-state index in [2.05, 4.69) is 10.6 Å². The number of hydrogen-bond acceptors (Lipinski definition) is 4. The minimum atomic E-state index is -0.775. The Morgan fingerprint density at radius 2 is 1.72 bits per heavy atom. The Labute approximate surface area is 108 Å². The monoisotopic (exact) mass is 260 g/mol. The molecule has 6 heteroatoms. The van der Waals surface area contributed by atoms with Gasteiger partial charge in [0.1, 0.15) is 5.60 Å². The maximum Gasteiger partial charge on any atom is 0.407 e. The number of aliphatic carboxylic acids is 1. The number of rotatable bonds is 8. The summed E-state index contributed by atoms with van der Waals surface area (Å²) in [6.45, 7) is 7.42. The lowest BCUT2D eigenvalue weighted by molar-refractivity contribution is -0.137. The van der Waals surface area contributed by atoms with Crippen molar-refractivity contribution >= 4 is 12.1 Å². The molecule has 0 spiro atoms. The quantitative estimate of drug-likeness (QED) is 0.573. The zero-order valence-corrected chi connectivity index (χ0v) is 11.4. The molecule has 6 nitrogen and oxygen atoms in total. The average Bonchev–Trinajstić information content (AvgIpc) is 2.18. The lowest BCUT2D eigenvalue weighted by Crippen LogP contribution is -2.34. The normalized spacial score (nSPS) is 11.1. The molecule has 0 fully saturated rings. The van der Waals surface area contributed by atoms with Crippen molar-refractivity contribution in [3.8, 4) is 0 Å². The molecule has 0 aromatic heterocycles. The van der Waals surface area contributed by atoms with Gasteiger partial charge in [-0.3, -0.25) is 4.79 Å². The highest BCUT2D eigenvalue weighted by Crippen LogP contribution is 2.06. The smallest absolute Gasteiger partial charge is 0.407 e. The molecule has 0 aliphatic heterocycles. The molecule has 0 heterocycles. The molecule has 18 heavy (non-hydrogen) atoms. The van der Waals surface area contributed by atoms with Gasteiger partial charge >= 0.3 is 12.1 Å². The van der Waals surface area contributed by atoms with Crippen LogP contribution in [0.2, 0.25) is 0 Å². The standard InChI is InChI=1S/C12H24N2O4/c1-12(2,3)18-11(17)14-9-5-8-13-7-4-6-10(15)16/h13H,4-9H2,1-3H3,(H,14,17)(H,15,16). The van der Waals surface area contributed by atoms with Crippen molar-refractivity contribution in [1.82, 2.24) is 10.6 Å². The molecule has 0 unspecified atom stereocenters. The molecule has 0 bridgehead atoms. The Balaban J connectivity index is 3.30. The van der Waals surface area contributed by atoms with E-state index in [-0.39, 0.29) is 6.42 Å². The fraction of sp³-hybridized carbons (Fsp3) is 0.833. The van der Waals surface area contributed by atoms with Crippen LogP contribution >= 0.6 is 0 Å². The van der Waals surface area contributed by atoms with Gasteiger partial charge in [0.2, 0.25) is 0 Å². The largest absolute Gasteiger partial charge is 0.481 e. The number of ether oxygens (including phenoxy) is 1. The van der Waals surface area contributed by atoms with Crippen LogP contribution in [0.25, 0.3) is 0 Å². The van der Waals surface area contributed by atoms with Gasteiger partial charge in [0.15, 0.2) is 0 Å². The third kappa shape index (κ3) is 12.8. The number of carbonyl (C=O) groups is 2. The summed E-state index contributed by atoms with van der Waals surface area (Å²) < 4.78 is 5.07. The highest BCUT2D eigenvalue weighted by atomic mass is 16.6. The number of alkyl carbamates (subject to hydrolysis) is 1. The Morgan fingerprint density at radius 3 is 2.28 bits per heavy atom. The minimum Gasteiger partial charge on any atom is -0.481 e. The van der Waals surface area contributed by atoms with E-state index in [1.165, 1.54) is 0 Å². The molecule has 0 saturated heterocycles. The zero-order valence-electron chi connectivity index (χ0n) is 11.4. The van der Waals surface area contributed by atoms with E-state index in [4.69, 9.17) is 9.84 Å². The summed E-state index contributed by atoms with van der Waals surface area (Å²) in [5.74, 6) is -0.775. The van der Waals surface area contributed by atoms with E-state index >= 15 is 0 Å². The molecule has 1 amide bonds. The summed E-state index contributed by atoms with van der Waals surface area (Å²) in [4.78, 5) is 21.5. The van der Waals surface area contributed by atoms with Crippen LogP contribution in [0.4, 0.5) is 4.79 Å². The van der Waals surface area contributed by atoms with Crippen LogP contribution in [0.15, 0.2) is 0 Å². The number of amides is 1. The number of carboxylic acid groups (broad SMARTS) is 1. The van der Waals surface area contributed by atoms with Gasteiger partial charge in [-0.15, -0.1) is 0 Å². The van der Waals surface area contributed by atoms with Crippen molar-refractivity contribution in [3.63, 3.8) is 0 Å². The van der Waals surface area contributed by atoms with Crippen molar-refractivity contribution in [2.24, 2.45) is 0 Å². The third-order valence-corrected chi connectivity index (χ3v) is 1.94. The predicted molar refractivity (Wildman–Crippen MR) is 68.6 cm³/mol. The molecule has 0 atom stereocenters. The molecule has 0 aliphatic rings. The van der Waals surface area contributed by atoms with Gasteiger partial charge in [-0.1, -0.05) is 0 Å². The summed E-state index contributed by atoms with van der Waals surface area (Å²) in [6.07, 6.45) is 1.18. The van der Waals surface area contributed by atoms with E-state index in [9.17, 15) is 9.59 Å². The average molecular weight is 260 g/mol. The molecule has 3 N–H and O–H groups in total. The Hall–Kier alpha value is -1.30. The van der Waals surface area contributed by atoms with E-state index < -0.39 is 17.7 Å². The fourth-order valence-electron chi connectivity index (χ4n) is 1.21. The Morgan fingerprint density at radius 1 is 1.11 bits per heavy atom. The second-order valence-corrected chi connectivity index (χ2v) is 5.03. The van der Waals surface area contributed by atoms with Crippen LogP contribution in [-0.4, -0.2) is 42.4 Å². The maximum absolute atomic E-state index is 11.2. The molecule has 106 valence electrons. The Bertz CT molecular complexity index is 261. The van der Waals surface area contributed by atoms with E-state index in [0.29, 0.717) is 19.5 Å². The van der Waals surface area contributed by atoms with Gasteiger partial charge in [-0.2, -0.15) is 0 Å². The van der Waals surface area contributed by atoms with Crippen molar-refractivity contribution in [3.05, 3.63) is 0 Å². The van der Waals surface area contributed by atoms with Gasteiger partial charge in [0.25, 0.3) is 0 Å². The van der Waals surface area contributed by atoms with Gasteiger partial charge < -0.3 is 20.5 Å². The molecule has 0 aliphatic carbocycles. The fourth-order valence-corrected chi connectivity index (χ4v) is 1.21. The van der Waals surface area contributed by atoms with Crippen molar-refractivity contribution in [2.45, 2.75) is 45.6 Å². The number of nitrogens with one attached hydrogen (secondary N) is 2. The molecular weight excluding hydrogens is 236 g/mol. The highest BCUT2D eigenvalue weighted by Gasteiger charge is 2.15. The lowest BCUT2D eigenvalue weighted by Gasteiger charge is -2.19. The zero-order chi connectivity index (χ0) is 14.0.